The first-order chi connectivity index (χ1) is 14.0. The van der Waals surface area contributed by atoms with Crippen LogP contribution < -0.4 is 10.1 Å². The molecular formula is C23H27BrN2O3. The van der Waals surface area contributed by atoms with Crippen LogP contribution in [-0.2, 0) is 4.79 Å². The number of halogens is 1. The largest absolute Gasteiger partial charge is 0.483 e. The van der Waals surface area contributed by atoms with Crippen LogP contribution in [0, 0.1) is 13.8 Å². The van der Waals surface area contributed by atoms with E-state index < -0.39 is 0 Å². The molecule has 29 heavy (non-hydrogen) atoms. The fourth-order valence-corrected chi connectivity index (χ4v) is 4.36. The van der Waals surface area contributed by atoms with Crippen molar-refractivity contribution < 1.29 is 14.3 Å². The lowest BCUT2D eigenvalue weighted by atomic mass is 10.1. The van der Waals surface area contributed by atoms with Crippen LogP contribution in [0.5, 0.6) is 5.75 Å². The topological polar surface area (TPSA) is 58.6 Å². The molecule has 1 heterocycles. The molecule has 2 aromatic rings. The van der Waals surface area contributed by atoms with E-state index in [4.69, 9.17) is 4.74 Å². The maximum Gasteiger partial charge on any atom is 0.262 e. The number of likely N-dealkylation sites (tertiary alicyclic amines) is 1. The quantitative estimate of drug-likeness (QED) is 0.677. The van der Waals surface area contributed by atoms with Gasteiger partial charge in [-0.25, -0.2) is 0 Å². The molecule has 3 rings (SSSR count). The number of para-hydroxylation sites is 1. The van der Waals surface area contributed by atoms with E-state index >= 15 is 0 Å². The first-order valence-electron chi connectivity index (χ1n) is 10.0. The number of nitrogens with one attached hydrogen (secondary N) is 1. The highest BCUT2D eigenvalue weighted by Gasteiger charge is 2.20. The van der Waals surface area contributed by atoms with Crippen molar-refractivity contribution in [1.82, 2.24) is 4.90 Å². The minimum atomic E-state index is -0.289. The number of benzene rings is 2. The van der Waals surface area contributed by atoms with Gasteiger partial charge in [-0.2, -0.15) is 0 Å². The van der Waals surface area contributed by atoms with Crippen molar-refractivity contribution in [1.29, 1.82) is 0 Å². The van der Waals surface area contributed by atoms with Gasteiger partial charge in [0.25, 0.3) is 11.8 Å². The molecule has 1 aliphatic heterocycles. The number of ether oxygens (including phenoxy) is 1. The minimum absolute atomic E-state index is 0.0247. The Morgan fingerprint density at radius 2 is 1.66 bits per heavy atom. The van der Waals surface area contributed by atoms with Crippen molar-refractivity contribution >= 4 is 33.4 Å². The van der Waals surface area contributed by atoms with Crippen LogP contribution in [0.15, 0.2) is 40.9 Å². The van der Waals surface area contributed by atoms with Gasteiger partial charge in [0.2, 0.25) is 0 Å². The maximum absolute atomic E-state index is 13.0. The third-order valence-electron chi connectivity index (χ3n) is 5.10. The second kappa shape index (κ2) is 9.92. The van der Waals surface area contributed by atoms with Crippen LogP contribution >= 0.6 is 15.9 Å². The molecule has 6 heteroatoms. The van der Waals surface area contributed by atoms with Crippen molar-refractivity contribution in [3.63, 3.8) is 0 Å². The van der Waals surface area contributed by atoms with E-state index in [2.05, 4.69) is 21.2 Å². The zero-order valence-corrected chi connectivity index (χ0v) is 18.5. The molecule has 2 aromatic carbocycles. The smallest absolute Gasteiger partial charge is 0.262 e. The molecule has 0 aliphatic carbocycles. The van der Waals surface area contributed by atoms with E-state index in [1.54, 1.807) is 12.1 Å². The number of anilines is 1. The average molecular weight is 459 g/mol. The van der Waals surface area contributed by atoms with Gasteiger partial charge in [0, 0.05) is 17.6 Å². The molecule has 0 saturated carbocycles. The summed E-state index contributed by atoms with van der Waals surface area (Å²) >= 11 is 3.46. The number of nitrogens with zero attached hydrogens (tertiary/aromatic N) is 1. The van der Waals surface area contributed by atoms with Gasteiger partial charge in [0.15, 0.2) is 6.61 Å². The summed E-state index contributed by atoms with van der Waals surface area (Å²) in [6, 6.07) is 11.1. The Hall–Kier alpha value is -2.34. The highest BCUT2D eigenvalue weighted by molar-refractivity contribution is 9.10. The lowest BCUT2D eigenvalue weighted by Crippen LogP contribution is -2.33. The summed E-state index contributed by atoms with van der Waals surface area (Å²) in [5.41, 5.74) is 2.97. The van der Waals surface area contributed by atoms with Crippen LogP contribution in [0.1, 0.15) is 47.2 Å². The molecule has 0 unspecified atom stereocenters. The molecule has 5 nitrogen and oxygen atoms in total. The average Bonchev–Trinajstić information content (AvgIpc) is 2.96. The van der Waals surface area contributed by atoms with E-state index in [9.17, 15) is 9.59 Å². The van der Waals surface area contributed by atoms with Crippen LogP contribution in [0.25, 0.3) is 0 Å². The summed E-state index contributed by atoms with van der Waals surface area (Å²) in [5.74, 6) is 0.392. The van der Waals surface area contributed by atoms with Gasteiger partial charge in [0.1, 0.15) is 5.75 Å². The Morgan fingerprint density at radius 3 is 2.31 bits per heavy atom. The summed E-state index contributed by atoms with van der Waals surface area (Å²) in [6.07, 6.45) is 4.38. The van der Waals surface area contributed by atoms with Gasteiger partial charge in [-0.3, -0.25) is 9.59 Å². The second-order valence-corrected chi connectivity index (χ2v) is 8.37. The van der Waals surface area contributed by atoms with Crippen molar-refractivity contribution in [2.75, 3.05) is 25.0 Å². The fraction of sp³-hybridized carbons (Fsp3) is 0.391. The van der Waals surface area contributed by atoms with Gasteiger partial charge in [-0.05, 0) is 62.1 Å². The number of hydrogen-bond acceptors (Lipinski definition) is 3. The molecule has 154 valence electrons. The van der Waals surface area contributed by atoms with Crippen molar-refractivity contribution in [2.45, 2.75) is 39.5 Å². The number of rotatable bonds is 5. The van der Waals surface area contributed by atoms with Crippen LogP contribution in [-0.4, -0.2) is 36.4 Å². The molecule has 0 bridgehead atoms. The highest BCUT2D eigenvalue weighted by Crippen LogP contribution is 2.27. The fourth-order valence-electron chi connectivity index (χ4n) is 3.67. The van der Waals surface area contributed by atoms with Gasteiger partial charge in [-0.15, -0.1) is 0 Å². The predicted molar refractivity (Wildman–Crippen MR) is 119 cm³/mol. The van der Waals surface area contributed by atoms with Crippen LogP contribution in [0.2, 0.25) is 0 Å². The monoisotopic (exact) mass is 458 g/mol. The van der Waals surface area contributed by atoms with E-state index in [0.29, 0.717) is 17.0 Å². The zero-order valence-electron chi connectivity index (χ0n) is 17.0. The molecule has 0 radical (unpaired) electrons. The number of amides is 2. The Labute approximate surface area is 180 Å². The van der Waals surface area contributed by atoms with E-state index in [1.165, 1.54) is 0 Å². The molecule has 0 spiro atoms. The predicted octanol–water partition coefficient (Wildman–Crippen LogP) is 5.10. The lowest BCUT2D eigenvalue weighted by molar-refractivity contribution is -0.118. The van der Waals surface area contributed by atoms with Gasteiger partial charge in [-0.1, -0.05) is 40.9 Å². The molecule has 1 aliphatic rings. The molecule has 1 fully saturated rings. The third kappa shape index (κ3) is 5.60. The summed E-state index contributed by atoms with van der Waals surface area (Å²) in [7, 11) is 0. The molecule has 1 N–H and O–H groups in total. The lowest BCUT2D eigenvalue weighted by Gasteiger charge is -2.22. The molecule has 1 saturated heterocycles. The van der Waals surface area contributed by atoms with Crippen molar-refractivity contribution in [3.8, 4) is 5.75 Å². The van der Waals surface area contributed by atoms with Crippen molar-refractivity contribution in [2.24, 2.45) is 0 Å². The van der Waals surface area contributed by atoms with Crippen LogP contribution in [0.3, 0.4) is 0 Å². The summed E-state index contributed by atoms with van der Waals surface area (Å²) < 4.78 is 6.74. The zero-order chi connectivity index (χ0) is 20.8. The summed E-state index contributed by atoms with van der Waals surface area (Å²) in [4.78, 5) is 27.4. The first-order valence-corrected chi connectivity index (χ1v) is 10.8. The van der Waals surface area contributed by atoms with Gasteiger partial charge < -0.3 is 15.0 Å². The molecule has 2 amide bonds. The Bertz CT molecular complexity index is 866. The Balaban J connectivity index is 1.67. The van der Waals surface area contributed by atoms with Gasteiger partial charge >= 0.3 is 0 Å². The highest BCUT2D eigenvalue weighted by atomic mass is 79.9. The molecule has 0 aromatic heterocycles. The van der Waals surface area contributed by atoms with E-state index in [-0.39, 0.29) is 18.4 Å². The SMILES string of the molecule is Cc1cc(Br)cc(C)c1OCC(=O)Nc1ccccc1C(=O)N1CCCCCC1. The number of aryl methyl sites for hydroxylation is 2. The molecule has 0 atom stereocenters. The van der Waals surface area contributed by atoms with Gasteiger partial charge in [0.05, 0.1) is 11.3 Å². The minimum Gasteiger partial charge on any atom is -0.483 e. The first kappa shape index (κ1) is 21.4. The summed E-state index contributed by atoms with van der Waals surface area (Å²) in [6.45, 7) is 5.31. The Morgan fingerprint density at radius 1 is 1.03 bits per heavy atom. The normalized spacial score (nSPS) is 14.2. The van der Waals surface area contributed by atoms with E-state index in [1.807, 2.05) is 43.0 Å². The van der Waals surface area contributed by atoms with E-state index in [0.717, 1.165) is 54.4 Å². The number of carbonyl (C=O) groups is 2. The standard InChI is InChI=1S/C23H27BrN2O3/c1-16-13-18(24)14-17(2)22(16)29-15-21(27)25-20-10-6-5-9-19(20)23(28)26-11-7-3-4-8-12-26/h5-6,9-10,13-14H,3-4,7-8,11-12,15H2,1-2H3,(H,25,27). The van der Waals surface area contributed by atoms with Crippen molar-refractivity contribution in [3.05, 3.63) is 57.6 Å². The second-order valence-electron chi connectivity index (χ2n) is 7.46. The molecular weight excluding hydrogens is 432 g/mol. The summed E-state index contributed by atoms with van der Waals surface area (Å²) in [5, 5.41) is 2.85. The third-order valence-corrected chi connectivity index (χ3v) is 5.56. The van der Waals surface area contributed by atoms with Crippen LogP contribution in [0.4, 0.5) is 5.69 Å². The maximum atomic E-state index is 13.0. The number of hydrogen-bond donors (Lipinski definition) is 1. The Kier molecular flexibility index (Phi) is 7.31. The number of carbonyl (C=O) groups excluding carboxylic acids is 2.